The van der Waals surface area contributed by atoms with Gasteiger partial charge in [0.2, 0.25) is 0 Å². The Balaban J connectivity index is 2.07. The summed E-state index contributed by atoms with van der Waals surface area (Å²) in [5.74, 6) is -0.959. The molecule has 2 amide bonds. The van der Waals surface area contributed by atoms with Crippen molar-refractivity contribution in [3.8, 4) is 11.5 Å². The number of benzene rings is 2. The van der Waals surface area contributed by atoms with Crippen molar-refractivity contribution in [1.82, 2.24) is 5.01 Å². The summed E-state index contributed by atoms with van der Waals surface area (Å²) in [6.45, 7) is 0. The minimum absolute atomic E-state index is 0.0624. The maximum Gasteiger partial charge on any atom is 0.334 e. The van der Waals surface area contributed by atoms with E-state index in [1.54, 1.807) is 24.3 Å². The molecule has 0 unspecified atom stereocenters. The van der Waals surface area contributed by atoms with Crippen molar-refractivity contribution in [2.24, 2.45) is 10.8 Å². The molecule has 0 heterocycles. The number of nitrogens with zero attached hydrogens (tertiary/aromatic N) is 2. The normalized spacial score (nSPS) is 10.7. The van der Waals surface area contributed by atoms with Gasteiger partial charge in [0, 0.05) is 25.2 Å². The van der Waals surface area contributed by atoms with E-state index in [2.05, 4.69) is 5.10 Å². The second kappa shape index (κ2) is 6.66. The molecule has 0 radical (unpaired) electrons. The van der Waals surface area contributed by atoms with E-state index in [0.717, 1.165) is 23.2 Å². The highest BCUT2D eigenvalue weighted by molar-refractivity contribution is 5.81. The van der Waals surface area contributed by atoms with Crippen LogP contribution in [0.25, 0.3) is 0 Å². The topological polar surface area (TPSA) is 67.9 Å². The van der Waals surface area contributed by atoms with Crippen LogP contribution in [0.2, 0.25) is 0 Å². The predicted octanol–water partition coefficient (Wildman–Crippen LogP) is 3.10. The number of carbonyl (C=O) groups excluding carboxylic acids is 1. The lowest BCUT2D eigenvalue weighted by molar-refractivity contribution is 0.220. The molecular formula is C15H13F2N3O2. The number of hydrogen-bond acceptors (Lipinski definition) is 3. The summed E-state index contributed by atoms with van der Waals surface area (Å²) in [7, 11) is 1.43. The highest BCUT2D eigenvalue weighted by Crippen LogP contribution is 2.23. The van der Waals surface area contributed by atoms with Gasteiger partial charge in [-0.15, -0.1) is 0 Å². The van der Waals surface area contributed by atoms with Crippen LogP contribution in [0.4, 0.5) is 13.6 Å². The molecule has 2 N–H and O–H groups in total. The molecule has 0 aliphatic rings. The van der Waals surface area contributed by atoms with Gasteiger partial charge in [-0.2, -0.15) is 5.10 Å². The van der Waals surface area contributed by atoms with Crippen LogP contribution in [0.5, 0.6) is 11.5 Å². The Morgan fingerprint density at radius 3 is 2.27 bits per heavy atom. The molecule has 22 heavy (non-hydrogen) atoms. The number of rotatable bonds is 4. The molecule has 2 aromatic carbocycles. The molecule has 0 bridgehead atoms. The van der Waals surface area contributed by atoms with Crippen LogP contribution >= 0.6 is 0 Å². The lowest BCUT2D eigenvalue weighted by atomic mass is 10.2. The van der Waals surface area contributed by atoms with Gasteiger partial charge in [-0.3, -0.25) is 0 Å². The number of ether oxygens (including phenoxy) is 1. The van der Waals surface area contributed by atoms with E-state index in [1.165, 1.54) is 13.3 Å². The molecule has 0 saturated carbocycles. The second-order valence-corrected chi connectivity index (χ2v) is 4.38. The maximum absolute atomic E-state index is 13.1. The number of amides is 2. The Labute approximate surface area is 125 Å². The van der Waals surface area contributed by atoms with E-state index in [-0.39, 0.29) is 5.75 Å². The predicted molar refractivity (Wildman–Crippen MR) is 77.8 cm³/mol. The van der Waals surface area contributed by atoms with Gasteiger partial charge in [0.15, 0.2) is 0 Å². The third-order valence-electron chi connectivity index (χ3n) is 2.65. The maximum atomic E-state index is 13.1. The zero-order valence-corrected chi connectivity index (χ0v) is 11.7. The monoisotopic (exact) mass is 305 g/mol. The van der Waals surface area contributed by atoms with Crippen molar-refractivity contribution in [3.05, 3.63) is 59.7 Å². The number of hydrazone groups is 1. The smallest absolute Gasteiger partial charge is 0.334 e. The van der Waals surface area contributed by atoms with Gasteiger partial charge in [-0.1, -0.05) is 0 Å². The first kappa shape index (κ1) is 15.4. The van der Waals surface area contributed by atoms with Crippen LogP contribution in [0, 0.1) is 11.6 Å². The van der Waals surface area contributed by atoms with Crippen molar-refractivity contribution >= 4 is 12.2 Å². The first-order valence-corrected chi connectivity index (χ1v) is 6.25. The van der Waals surface area contributed by atoms with Gasteiger partial charge >= 0.3 is 6.03 Å². The molecule has 0 atom stereocenters. The molecule has 0 fully saturated rings. The Kier molecular flexibility index (Phi) is 4.67. The number of nitrogens with two attached hydrogens (primary N) is 1. The zero-order valence-electron chi connectivity index (χ0n) is 11.7. The van der Waals surface area contributed by atoms with Gasteiger partial charge < -0.3 is 10.5 Å². The van der Waals surface area contributed by atoms with Crippen LogP contribution in [0.1, 0.15) is 5.56 Å². The van der Waals surface area contributed by atoms with Crippen LogP contribution in [-0.2, 0) is 0 Å². The second-order valence-electron chi connectivity index (χ2n) is 4.38. The highest BCUT2D eigenvalue weighted by atomic mass is 19.1. The van der Waals surface area contributed by atoms with E-state index in [0.29, 0.717) is 11.3 Å². The van der Waals surface area contributed by atoms with Gasteiger partial charge in [0.1, 0.15) is 23.1 Å². The average molecular weight is 305 g/mol. The van der Waals surface area contributed by atoms with E-state index in [9.17, 15) is 13.6 Å². The lowest BCUT2D eigenvalue weighted by Gasteiger charge is -2.07. The van der Waals surface area contributed by atoms with E-state index < -0.39 is 17.7 Å². The Morgan fingerprint density at radius 1 is 1.14 bits per heavy atom. The zero-order chi connectivity index (χ0) is 16.1. The van der Waals surface area contributed by atoms with Crippen molar-refractivity contribution < 1.29 is 18.3 Å². The molecule has 0 spiro atoms. The fourth-order valence-corrected chi connectivity index (χ4v) is 1.56. The van der Waals surface area contributed by atoms with Gasteiger partial charge in [-0.05, 0) is 29.8 Å². The summed E-state index contributed by atoms with van der Waals surface area (Å²) in [6, 6.07) is 8.81. The van der Waals surface area contributed by atoms with Crippen LogP contribution in [0.15, 0.2) is 47.6 Å². The van der Waals surface area contributed by atoms with Gasteiger partial charge in [0.25, 0.3) is 0 Å². The molecule has 0 aliphatic heterocycles. The van der Waals surface area contributed by atoms with Gasteiger partial charge in [0.05, 0.1) is 6.21 Å². The number of carbonyl (C=O) groups is 1. The minimum atomic E-state index is -0.715. The first-order chi connectivity index (χ1) is 10.4. The summed E-state index contributed by atoms with van der Waals surface area (Å²) in [4.78, 5) is 10.8. The minimum Gasteiger partial charge on any atom is -0.457 e. The lowest BCUT2D eigenvalue weighted by Crippen LogP contribution is -2.27. The van der Waals surface area contributed by atoms with Crippen molar-refractivity contribution in [2.45, 2.75) is 0 Å². The fourth-order valence-electron chi connectivity index (χ4n) is 1.56. The van der Waals surface area contributed by atoms with Crippen LogP contribution in [0.3, 0.4) is 0 Å². The molecule has 0 aliphatic carbocycles. The largest absolute Gasteiger partial charge is 0.457 e. The van der Waals surface area contributed by atoms with Gasteiger partial charge in [-0.25, -0.2) is 18.6 Å². The Morgan fingerprint density at radius 2 is 1.73 bits per heavy atom. The number of primary amides is 1. The average Bonchev–Trinajstić information content (AvgIpc) is 2.45. The SMILES string of the molecule is CN(N=Cc1ccc(Oc2cc(F)cc(F)c2)cc1)C(N)=O. The Hall–Kier alpha value is -2.96. The third-order valence-corrected chi connectivity index (χ3v) is 2.65. The summed E-state index contributed by atoms with van der Waals surface area (Å²) in [5, 5.41) is 4.81. The molecule has 114 valence electrons. The fraction of sp³-hybridized carbons (Fsp3) is 0.0667. The molecule has 2 rings (SSSR count). The standard InChI is InChI=1S/C15H13F2N3O2/c1-20(15(18)21)19-9-10-2-4-13(5-3-10)22-14-7-11(16)6-12(17)8-14/h2-9H,1H3,(H2,18,21). The van der Waals surface area contributed by atoms with E-state index in [4.69, 9.17) is 10.5 Å². The van der Waals surface area contributed by atoms with Crippen molar-refractivity contribution in [1.29, 1.82) is 0 Å². The Bertz CT molecular complexity index is 682. The van der Waals surface area contributed by atoms with Crippen LogP contribution in [-0.4, -0.2) is 24.3 Å². The van der Waals surface area contributed by atoms with Crippen molar-refractivity contribution in [3.63, 3.8) is 0 Å². The molecule has 5 nitrogen and oxygen atoms in total. The van der Waals surface area contributed by atoms with Crippen LogP contribution < -0.4 is 10.5 Å². The number of hydrogen-bond donors (Lipinski definition) is 1. The molecule has 0 aromatic heterocycles. The summed E-state index contributed by atoms with van der Waals surface area (Å²) >= 11 is 0. The molecular weight excluding hydrogens is 292 g/mol. The summed E-state index contributed by atoms with van der Waals surface area (Å²) in [5.41, 5.74) is 5.73. The summed E-state index contributed by atoms with van der Waals surface area (Å²) in [6.07, 6.45) is 1.44. The van der Waals surface area contributed by atoms with E-state index in [1.807, 2.05) is 0 Å². The molecule has 7 heteroatoms. The highest BCUT2D eigenvalue weighted by Gasteiger charge is 2.03. The first-order valence-electron chi connectivity index (χ1n) is 6.25. The molecule has 0 saturated heterocycles. The third kappa shape index (κ3) is 4.27. The van der Waals surface area contributed by atoms with Crippen molar-refractivity contribution in [2.75, 3.05) is 7.05 Å². The number of urea groups is 1. The quantitative estimate of drug-likeness (QED) is 0.696. The molecule has 2 aromatic rings. The number of halogens is 2. The summed E-state index contributed by atoms with van der Waals surface area (Å²) < 4.78 is 31.5. The van der Waals surface area contributed by atoms with E-state index >= 15 is 0 Å².